The molecule has 2 rings (SSSR count). The van der Waals surface area contributed by atoms with Gasteiger partial charge in [0.05, 0.1) is 11.8 Å². The highest BCUT2D eigenvalue weighted by Gasteiger charge is 2.41. The second-order valence-corrected chi connectivity index (χ2v) is 6.48. The molecule has 2 N–H and O–H groups in total. The van der Waals surface area contributed by atoms with Crippen molar-refractivity contribution in [2.45, 2.75) is 45.6 Å². The van der Waals surface area contributed by atoms with Gasteiger partial charge in [-0.05, 0) is 32.1 Å². The van der Waals surface area contributed by atoms with Crippen LogP contribution in [0, 0.1) is 17.8 Å². The van der Waals surface area contributed by atoms with Crippen molar-refractivity contribution in [1.29, 1.82) is 0 Å². The summed E-state index contributed by atoms with van der Waals surface area (Å²) in [5.41, 5.74) is 0. The maximum atomic E-state index is 12.3. The van der Waals surface area contributed by atoms with E-state index in [1.165, 1.54) is 0 Å². The SMILES string of the molecule is CC1C[C@H](C(=O)NC(C)CN2CCCC2=O)[C@H](C(=O)O)C1. The van der Waals surface area contributed by atoms with Crippen LogP contribution in [-0.4, -0.2) is 46.9 Å². The molecule has 0 bridgehead atoms. The lowest BCUT2D eigenvalue weighted by molar-refractivity contribution is -0.146. The first-order chi connectivity index (χ1) is 9.88. The molecule has 21 heavy (non-hydrogen) atoms. The van der Waals surface area contributed by atoms with E-state index in [-0.39, 0.29) is 23.8 Å². The summed E-state index contributed by atoms with van der Waals surface area (Å²) in [6.07, 6.45) is 2.65. The molecule has 0 spiro atoms. The van der Waals surface area contributed by atoms with E-state index in [0.29, 0.717) is 25.8 Å². The molecule has 1 saturated heterocycles. The zero-order valence-corrected chi connectivity index (χ0v) is 12.7. The number of aliphatic carboxylic acids is 1. The van der Waals surface area contributed by atoms with Crippen molar-refractivity contribution >= 4 is 17.8 Å². The van der Waals surface area contributed by atoms with E-state index in [1.807, 2.05) is 13.8 Å². The molecule has 118 valence electrons. The van der Waals surface area contributed by atoms with Crippen LogP contribution < -0.4 is 5.32 Å². The summed E-state index contributed by atoms with van der Waals surface area (Å²) in [5, 5.41) is 12.1. The van der Waals surface area contributed by atoms with E-state index < -0.39 is 17.8 Å². The molecule has 1 heterocycles. The normalized spacial score (nSPS) is 30.5. The number of amides is 2. The molecule has 2 aliphatic rings. The Morgan fingerprint density at radius 1 is 1.38 bits per heavy atom. The lowest BCUT2D eigenvalue weighted by Gasteiger charge is -2.24. The highest BCUT2D eigenvalue weighted by atomic mass is 16.4. The van der Waals surface area contributed by atoms with Gasteiger partial charge in [0.2, 0.25) is 11.8 Å². The average Bonchev–Trinajstić information content (AvgIpc) is 2.96. The van der Waals surface area contributed by atoms with Crippen LogP contribution in [0.2, 0.25) is 0 Å². The molecule has 2 fully saturated rings. The zero-order chi connectivity index (χ0) is 15.6. The maximum Gasteiger partial charge on any atom is 0.307 e. The van der Waals surface area contributed by atoms with Gasteiger partial charge < -0.3 is 15.3 Å². The third-order valence-electron chi connectivity index (χ3n) is 4.51. The summed E-state index contributed by atoms with van der Waals surface area (Å²) in [4.78, 5) is 36.9. The number of rotatable bonds is 5. The lowest BCUT2D eigenvalue weighted by Crippen LogP contribution is -2.45. The van der Waals surface area contributed by atoms with Crippen LogP contribution in [0.3, 0.4) is 0 Å². The van der Waals surface area contributed by atoms with Crippen LogP contribution in [0.5, 0.6) is 0 Å². The molecule has 2 amide bonds. The van der Waals surface area contributed by atoms with Crippen LogP contribution in [0.1, 0.15) is 39.5 Å². The van der Waals surface area contributed by atoms with E-state index in [1.54, 1.807) is 4.90 Å². The van der Waals surface area contributed by atoms with E-state index in [0.717, 1.165) is 13.0 Å². The Morgan fingerprint density at radius 2 is 2.05 bits per heavy atom. The Labute approximate surface area is 124 Å². The number of nitrogens with zero attached hydrogens (tertiary/aromatic N) is 1. The minimum absolute atomic E-state index is 0.133. The van der Waals surface area contributed by atoms with Gasteiger partial charge in [-0.2, -0.15) is 0 Å². The van der Waals surface area contributed by atoms with Crippen LogP contribution in [0.4, 0.5) is 0 Å². The molecule has 0 aromatic carbocycles. The van der Waals surface area contributed by atoms with Gasteiger partial charge in [0, 0.05) is 25.6 Å². The van der Waals surface area contributed by atoms with Crippen molar-refractivity contribution in [1.82, 2.24) is 10.2 Å². The minimum atomic E-state index is -0.887. The molecular weight excluding hydrogens is 272 g/mol. The lowest BCUT2D eigenvalue weighted by atomic mass is 9.95. The number of carboxylic acid groups (broad SMARTS) is 1. The fourth-order valence-corrected chi connectivity index (χ4v) is 3.48. The summed E-state index contributed by atoms with van der Waals surface area (Å²) < 4.78 is 0. The predicted molar refractivity (Wildman–Crippen MR) is 76.4 cm³/mol. The molecule has 1 saturated carbocycles. The number of carbonyl (C=O) groups excluding carboxylic acids is 2. The fraction of sp³-hybridized carbons (Fsp3) is 0.800. The number of hydrogen-bond acceptors (Lipinski definition) is 3. The minimum Gasteiger partial charge on any atom is -0.481 e. The van der Waals surface area contributed by atoms with Crippen LogP contribution in [-0.2, 0) is 14.4 Å². The van der Waals surface area contributed by atoms with Gasteiger partial charge in [0.25, 0.3) is 0 Å². The number of carbonyl (C=O) groups is 3. The van der Waals surface area contributed by atoms with Crippen LogP contribution in [0.15, 0.2) is 0 Å². The monoisotopic (exact) mass is 296 g/mol. The molecular formula is C15H24N2O4. The summed E-state index contributed by atoms with van der Waals surface area (Å²) >= 11 is 0. The first-order valence-electron chi connectivity index (χ1n) is 7.69. The second kappa shape index (κ2) is 6.45. The molecule has 0 aromatic rings. The van der Waals surface area contributed by atoms with E-state index in [9.17, 15) is 19.5 Å². The molecule has 1 aliphatic carbocycles. The van der Waals surface area contributed by atoms with E-state index >= 15 is 0 Å². The summed E-state index contributed by atoms with van der Waals surface area (Å²) in [6.45, 7) is 5.09. The van der Waals surface area contributed by atoms with Crippen molar-refractivity contribution in [3.05, 3.63) is 0 Å². The number of likely N-dealkylation sites (tertiary alicyclic amines) is 1. The van der Waals surface area contributed by atoms with Crippen molar-refractivity contribution in [2.75, 3.05) is 13.1 Å². The first kappa shape index (κ1) is 15.8. The van der Waals surface area contributed by atoms with Gasteiger partial charge in [-0.3, -0.25) is 14.4 Å². The Bertz CT molecular complexity index is 437. The maximum absolute atomic E-state index is 12.3. The molecule has 6 heteroatoms. The average molecular weight is 296 g/mol. The fourth-order valence-electron chi connectivity index (χ4n) is 3.48. The Kier molecular flexibility index (Phi) is 4.85. The third-order valence-corrected chi connectivity index (χ3v) is 4.51. The number of nitrogens with one attached hydrogen (secondary N) is 1. The van der Waals surface area contributed by atoms with E-state index in [4.69, 9.17) is 0 Å². The Balaban J connectivity index is 1.88. The molecule has 6 nitrogen and oxygen atoms in total. The number of hydrogen-bond donors (Lipinski definition) is 2. The standard InChI is InChI=1S/C15H24N2O4/c1-9-6-11(12(7-9)15(20)21)14(19)16-10(2)8-17-5-3-4-13(17)18/h9-12H,3-8H2,1-2H3,(H,16,19)(H,20,21)/t9?,10?,11-,12+/m0/s1. The molecule has 1 aliphatic heterocycles. The first-order valence-corrected chi connectivity index (χ1v) is 7.69. The number of carboxylic acids is 1. The molecule has 0 aromatic heterocycles. The van der Waals surface area contributed by atoms with Crippen molar-refractivity contribution in [3.8, 4) is 0 Å². The summed E-state index contributed by atoms with van der Waals surface area (Å²) in [7, 11) is 0. The largest absolute Gasteiger partial charge is 0.481 e. The van der Waals surface area contributed by atoms with Gasteiger partial charge in [0.1, 0.15) is 0 Å². The Hall–Kier alpha value is -1.59. The van der Waals surface area contributed by atoms with Gasteiger partial charge in [-0.15, -0.1) is 0 Å². The van der Waals surface area contributed by atoms with Crippen LogP contribution in [0.25, 0.3) is 0 Å². The van der Waals surface area contributed by atoms with Crippen molar-refractivity contribution in [3.63, 3.8) is 0 Å². The van der Waals surface area contributed by atoms with Gasteiger partial charge in [-0.1, -0.05) is 6.92 Å². The third kappa shape index (κ3) is 3.74. The molecule has 0 radical (unpaired) electrons. The van der Waals surface area contributed by atoms with Gasteiger partial charge in [-0.25, -0.2) is 0 Å². The molecule has 2 unspecified atom stereocenters. The van der Waals surface area contributed by atoms with E-state index in [2.05, 4.69) is 5.32 Å². The van der Waals surface area contributed by atoms with Gasteiger partial charge in [0.15, 0.2) is 0 Å². The summed E-state index contributed by atoms with van der Waals surface area (Å²) in [6, 6.07) is -0.148. The topological polar surface area (TPSA) is 86.7 Å². The van der Waals surface area contributed by atoms with Crippen LogP contribution >= 0.6 is 0 Å². The quantitative estimate of drug-likeness (QED) is 0.788. The summed E-state index contributed by atoms with van der Waals surface area (Å²) in [5.74, 6) is -1.71. The smallest absolute Gasteiger partial charge is 0.307 e. The van der Waals surface area contributed by atoms with Gasteiger partial charge >= 0.3 is 5.97 Å². The van der Waals surface area contributed by atoms with Crippen molar-refractivity contribution in [2.24, 2.45) is 17.8 Å². The predicted octanol–water partition coefficient (Wildman–Crippen LogP) is 0.860. The Morgan fingerprint density at radius 3 is 2.62 bits per heavy atom. The highest BCUT2D eigenvalue weighted by Crippen LogP contribution is 2.36. The highest BCUT2D eigenvalue weighted by molar-refractivity contribution is 5.85. The zero-order valence-electron chi connectivity index (χ0n) is 12.7. The molecule has 4 atom stereocenters. The van der Waals surface area contributed by atoms with Crippen molar-refractivity contribution < 1.29 is 19.5 Å². The second-order valence-electron chi connectivity index (χ2n) is 6.48.